The molecule has 5 heteroatoms. The van der Waals surface area contributed by atoms with Gasteiger partial charge in [0.25, 0.3) is 0 Å². The number of hydrogen-bond acceptors (Lipinski definition) is 2. The molecule has 1 heterocycles. The molecule has 1 nitrogen and oxygen atoms in total. The van der Waals surface area contributed by atoms with Crippen molar-refractivity contribution in [1.82, 2.24) is 0 Å². The van der Waals surface area contributed by atoms with Crippen molar-refractivity contribution in [3.05, 3.63) is 48.0 Å². The Hall–Kier alpha value is -0.0300. The van der Waals surface area contributed by atoms with Crippen LogP contribution in [-0.4, -0.2) is 0 Å². The smallest absolute Gasteiger partial charge is 0.0632 e. The highest BCUT2D eigenvalue weighted by atomic mass is 79.9. The molecule has 0 fully saturated rings. The highest BCUT2D eigenvalue weighted by Gasteiger charge is 2.06. The molecule has 0 amide bonds. The first-order valence-corrected chi connectivity index (χ1v) is 7.83. The molecule has 1 aromatic heterocycles. The number of anilines is 1. The number of hydrogen-bond donors (Lipinski definition) is 1. The van der Waals surface area contributed by atoms with E-state index < -0.39 is 0 Å². The fraction of sp³-hybridized carbons (Fsp3) is 0.167. The molecule has 0 aliphatic heterocycles. The molecule has 0 saturated heterocycles. The van der Waals surface area contributed by atoms with Gasteiger partial charge in [-0.05, 0) is 62.5 Å². The van der Waals surface area contributed by atoms with Crippen molar-refractivity contribution in [2.45, 2.75) is 13.5 Å². The minimum absolute atomic E-state index is 0.775. The first-order chi connectivity index (χ1) is 8.06. The molecule has 0 aliphatic carbocycles. The van der Waals surface area contributed by atoms with E-state index >= 15 is 0 Å². The maximum absolute atomic E-state index is 5.89. The van der Waals surface area contributed by atoms with Crippen molar-refractivity contribution in [3.63, 3.8) is 0 Å². The molecule has 2 rings (SSSR count). The summed E-state index contributed by atoms with van der Waals surface area (Å²) in [5.41, 5.74) is 2.29. The molecule has 0 bridgehead atoms. The van der Waals surface area contributed by atoms with E-state index in [-0.39, 0.29) is 0 Å². The number of rotatable bonds is 3. The Morgan fingerprint density at radius 1 is 1.24 bits per heavy atom. The van der Waals surface area contributed by atoms with E-state index in [1.807, 2.05) is 11.4 Å². The molecule has 0 spiro atoms. The third-order valence-electron chi connectivity index (χ3n) is 2.25. The molecule has 1 N–H and O–H groups in total. The Bertz CT molecular complexity index is 516. The van der Waals surface area contributed by atoms with Crippen molar-refractivity contribution in [1.29, 1.82) is 0 Å². The lowest BCUT2D eigenvalue weighted by atomic mass is 10.2. The second-order valence-corrected chi connectivity index (χ2v) is 6.83. The van der Waals surface area contributed by atoms with Crippen LogP contribution in [0.5, 0.6) is 0 Å². The standard InChI is InChI=1S/C12H10Br2ClNS/c1-7-2-10(13)12(11(14)3-7)16-5-9-4-8(15)6-17-9/h2-4,6,16H,5H2,1H3. The van der Waals surface area contributed by atoms with Crippen molar-refractivity contribution >= 4 is 60.5 Å². The van der Waals surface area contributed by atoms with E-state index in [0.717, 1.165) is 26.2 Å². The van der Waals surface area contributed by atoms with Crippen molar-refractivity contribution in [2.24, 2.45) is 0 Å². The normalized spacial score (nSPS) is 10.6. The summed E-state index contributed by atoms with van der Waals surface area (Å²) >= 11 is 14.7. The maximum atomic E-state index is 5.89. The Morgan fingerprint density at radius 2 is 1.88 bits per heavy atom. The van der Waals surface area contributed by atoms with Crippen LogP contribution in [0.25, 0.3) is 0 Å². The Kier molecular flexibility index (Phi) is 4.53. The van der Waals surface area contributed by atoms with Crippen molar-refractivity contribution < 1.29 is 0 Å². The number of nitrogens with one attached hydrogen (secondary N) is 1. The van der Waals surface area contributed by atoms with Gasteiger partial charge in [0, 0.05) is 25.7 Å². The van der Waals surface area contributed by atoms with Crippen LogP contribution in [0.15, 0.2) is 32.5 Å². The second kappa shape index (κ2) is 5.74. The minimum atomic E-state index is 0.775. The molecule has 0 radical (unpaired) electrons. The van der Waals surface area contributed by atoms with Gasteiger partial charge in [-0.2, -0.15) is 0 Å². The van der Waals surface area contributed by atoms with Gasteiger partial charge in [0.2, 0.25) is 0 Å². The highest BCUT2D eigenvalue weighted by molar-refractivity contribution is 9.11. The van der Waals surface area contributed by atoms with E-state index in [1.54, 1.807) is 11.3 Å². The van der Waals surface area contributed by atoms with Gasteiger partial charge in [-0.1, -0.05) is 11.6 Å². The minimum Gasteiger partial charge on any atom is -0.378 e. The van der Waals surface area contributed by atoms with Crippen LogP contribution in [0.3, 0.4) is 0 Å². The van der Waals surface area contributed by atoms with Crippen LogP contribution in [-0.2, 0) is 6.54 Å². The topological polar surface area (TPSA) is 12.0 Å². The van der Waals surface area contributed by atoms with Crippen molar-refractivity contribution in [2.75, 3.05) is 5.32 Å². The number of halogens is 3. The van der Waals surface area contributed by atoms with Gasteiger partial charge in [0.15, 0.2) is 0 Å². The molecule has 1 aromatic carbocycles. The molecule has 17 heavy (non-hydrogen) atoms. The van der Waals surface area contributed by atoms with Gasteiger partial charge >= 0.3 is 0 Å². The third-order valence-corrected chi connectivity index (χ3v) is 4.78. The zero-order chi connectivity index (χ0) is 12.4. The first kappa shape index (κ1) is 13.4. The summed E-state index contributed by atoms with van der Waals surface area (Å²) in [6, 6.07) is 6.16. The molecule has 0 unspecified atom stereocenters. The third kappa shape index (κ3) is 3.47. The van der Waals surface area contributed by atoms with E-state index in [9.17, 15) is 0 Å². The molecule has 2 aromatic rings. The average Bonchev–Trinajstić information content (AvgIpc) is 2.62. The zero-order valence-electron chi connectivity index (χ0n) is 9.06. The Labute approximate surface area is 126 Å². The Morgan fingerprint density at radius 3 is 2.41 bits per heavy atom. The number of benzene rings is 1. The summed E-state index contributed by atoms with van der Waals surface area (Å²) in [7, 11) is 0. The van der Waals surface area contributed by atoms with E-state index in [1.165, 1.54) is 10.4 Å². The van der Waals surface area contributed by atoms with Gasteiger partial charge < -0.3 is 5.32 Å². The van der Waals surface area contributed by atoms with Crippen LogP contribution in [0.2, 0.25) is 5.02 Å². The molecule has 0 atom stereocenters. The van der Waals surface area contributed by atoms with Crippen LogP contribution in [0, 0.1) is 6.92 Å². The zero-order valence-corrected chi connectivity index (χ0v) is 13.8. The van der Waals surface area contributed by atoms with Gasteiger partial charge in [0.05, 0.1) is 10.7 Å². The van der Waals surface area contributed by atoms with Crippen molar-refractivity contribution in [3.8, 4) is 0 Å². The van der Waals surface area contributed by atoms with E-state index in [4.69, 9.17) is 11.6 Å². The quantitative estimate of drug-likeness (QED) is 0.688. The summed E-state index contributed by atoms with van der Waals surface area (Å²) in [5, 5.41) is 6.14. The lowest BCUT2D eigenvalue weighted by Gasteiger charge is -2.10. The van der Waals surface area contributed by atoms with E-state index in [0.29, 0.717) is 0 Å². The van der Waals surface area contributed by atoms with E-state index in [2.05, 4.69) is 56.2 Å². The highest BCUT2D eigenvalue weighted by Crippen LogP contribution is 2.33. The fourth-order valence-corrected chi connectivity index (χ4v) is 4.20. The summed E-state index contributed by atoms with van der Waals surface area (Å²) in [5.74, 6) is 0. The first-order valence-electron chi connectivity index (χ1n) is 4.98. The second-order valence-electron chi connectivity index (χ2n) is 3.69. The van der Waals surface area contributed by atoms with Crippen LogP contribution < -0.4 is 5.32 Å². The van der Waals surface area contributed by atoms with Crippen LogP contribution in [0.4, 0.5) is 5.69 Å². The van der Waals surface area contributed by atoms with Gasteiger partial charge in [-0.15, -0.1) is 11.3 Å². The molecule has 90 valence electrons. The molecular weight excluding hydrogens is 385 g/mol. The molecule has 0 saturated carbocycles. The average molecular weight is 396 g/mol. The Balaban J connectivity index is 2.14. The summed E-state index contributed by atoms with van der Waals surface area (Å²) in [6.07, 6.45) is 0. The fourth-order valence-electron chi connectivity index (χ4n) is 1.49. The monoisotopic (exact) mass is 393 g/mol. The van der Waals surface area contributed by atoms with Gasteiger partial charge in [-0.3, -0.25) is 0 Å². The maximum Gasteiger partial charge on any atom is 0.0632 e. The van der Waals surface area contributed by atoms with Crippen LogP contribution in [0.1, 0.15) is 10.4 Å². The molecular formula is C12H10Br2ClNS. The SMILES string of the molecule is Cc1cc(Br)c(NCc2cc(Cl)cs2)c(Br)c1. The lowest BCUT2D eigenvalue weighted by Crippen LogP contribution is -1.99. The van der Waals surface area contributed by atoms with Crippen LogP contribution >= 0.6 is 54.8 Å². The summed E-state index contributed by atoms with van der Waals surface area (Å²) in [4.78, 5) is 1.22. The largest absolute Gasteiger partial charge is 0.378 e. The lowest BCUT2D eigenvalue weighted by molar-refractivity contribution is 1.18. The number of thiophene rings is 1. The number of aryl methyl sites for hydroxylation is 1. The predicted octanol–water partition coefficient (Wildman–Crippen LogP) is 5.85. The van der Waals surface area contributed by atoms with Gasteiger partial charge in [-0.25, -0.2) is 0 Å². The van der Waals surface area contributed by atoms with Gasteiger partial charge in [0.1, 0.15) is 0 Å². The molecule has 0 aliphatic rings. The summed E-state index contributed by atoms with van der Waals surface area (Å²) in [6.45, 7) is 2.84. The predicted molar refractivity (Wildman–Crippen MR) is 83.2 cm³/mol. The summed E-state index contributed by atoms with van der Waals surface area (Å²) < 4.78 is 2.12.